The first-order chi connectivity index (χ1) is 12.7. The normalized spacial score (nSPS) is 12.4. The molecule has 0 atom stereocenters. The van der Waals surface area contributed by atoms with Crippen molar-refractivity contribution in [1.29, 1.82) is 10.5 Å². The zero-order valence-electron chi connectivity index (χ0n) is 14.1. The number of hydrogen-bond donors (Lipinski definition) is 1. The summed E-state index contributed by atoms with van der Waals surface area (Å²) < 4.78 is 1.75. The molecular weight excluding hydrogens is 324 g/mol. The van der Waals surface area contributed by atoms with E-state index in [1.807, 2.05) is 36.5 Å². The van der Waals surface area contributed by atoms with E-state index in [1.165, 1.54) is 0 Å². The fourth-order valence-corrected chi connectivity index (χ4v) is 3.66. The highest BCUT2D eigenvalue weighted by atomic mass is 15.4. The lowest BCUT2D eigenvalue weighted by atomic mass is 9.90. The van der Waals surface area contributed by atoms with Gasteiger partial charge in [0.25, 0.3) is 0 Å². The molecule has 0 saturated carbocycles. The van der Waals surface area contributed by atoms with Gasteiger partial charge >= 0.3 is 0 Å². The maximum atomic E-state index is 9.66. The lowest BCUT2D eigenvalue weighted by molar-refractivity contribution is 0.650. The standard InChI is InChI=1S/C20H16N6/c21-9-16-14-7-4-8-15(14)19(17(10-22)20(16)23)18-12-26(25-24-18)11-13-5-2-1-3-6-13/h1-3,5-6,12H,4,7-8,11,23H2. The van der Waals surface area contributed by atoms with Gasteiger partial charge < -0.3 is 5.73 Å². The highest BCUT2D eigenvalue weighted by Gasteiger charge is 2.27. The third-order valence-electron chi connectivity index (χ3n) is 4.82. The molecule has 0 aliphatic heterocycles. The lowest BCUT2D eigenvalue weighted by Crippen LogP contribution is -2.04. The molecule has 26 heavy (non-hydrogen) atoms. The largest absolute Gasteiger partial charge is 0.397 e. The van der Waals surface area contributed by atoms with Crippen LogP contribution in [0.3, 0.4) is 0 Å². The van der Waals surface area contributed by atoms with Crippen LogP contribution in [0, 0.1) is 22.7 Å². The molecule has 0 bridgehead atoms. The fraction of sp³-hybridized carbons (Fsp3) is 0.200. The van der Waals surface area contributed by atoms with E-state index >= 15 is 0 Å². The van der Waals surface area contributed by atoms with Gasteiger partial charge in [-0.3, -0.25) is 0 Å². The number of nitrogen functional groups attached to an aromatic ring is 1. The second-order valence-corrected chi connectivity index (χ2v) is 6.36. The molecule has 1 aliphatic rings. The minimum atomic E-state index is 0.253. The van der Waals surface area contributed by atoms with E-state index in [-0.39, 0.29) is 5.69 Å². The van der Waals surface area contributed by atoms with Crippen LogP contribution >= 0.6 is 0 Å². The molecule has 2 aromatic carbocycles. The number of nitriles is 2. The molecule has 0 spiro atoms. The quantitative estimate of drug-likeness (QED) is 0.738. The summed E-state index contributed by atoms with van der Waals surface area (Å²) in [7, 11) is 0. The number of nitrogens with zero attached hydrogens (tertiary/aromatic N) is 5. The maximum Gasteiger partial charge on any atom is 0.114 e. The van der Waals surface area contributed by atoms with Gasteiger partial charge in [-0.2, -0.15) is 10.5 Å². The molecule has 0 saturated heterocycles. The lowest BCUT2D eigenvalue weighted by Gasteiger charge is -2.13. The van der Waals surface area contributed by atoms with Crippen molar-refractivity contribution < 1.29 is 0 Å². The highest BCUT2D eigenvalue weighted by molar-refractivity contribution is 5.83. The van der Waals surface area contributed by atoms with Gasteiger partial charge in [0.2, 0.25) is 0 Å². The Labute approximate surface area is 151 Å². The maximum absolute atomic E-state index is 9.66. The van der Waals surface area contributed by atoms with Gasteiger partial charge in [0.15, 0.2) is 0 Å². The van der Waals surface area contributed by atoms with Crippen LogP contribution in [0.25, 0.3) is 11.3 Å². The van der Waals surface area contributed by atoms with Crippen molar-refractivity contribution in [1.82, 2.24) is 15.0 Å². The third-order valence-corrected chi connectivity index (χ3v) is 4.82. The average Bonchev–Trinajstić information content (AvgIpc) is 3.31. The molecule has 6 nitrogen and oxygen atoms in total. The summed E-state index contributed by atoms with van der Waals surface area (Å²) in [6.45, 7) is 0.601. The molecule has 1 aliphatic carbocycles. The Morgan fingerprint density at radius 3 is 2.50 bits per heavy atom. The minimum Gasteiger partial charge on any atom is -0.397 e. The predicted molar refractivity (Wildman–Crippen MR) is 96.9 cm³/mol. The first-order valence-electron chi connectivity index (χ1n) is 8.44. The summed E-state index contributed by atoms with van der Waals surface area (Å²) in [5.41, 5.74) is 11.6. The molecule has 1 aromatic heterocycles. The number of aromatic nitrogens is 3. The van der Waals surface area contributed by atoms with E-state index in [2.05, 4.69) is 22.5 Å². The van der Waals surface area contributed by atoms with Gasteiger partial charge in [-0.1, -0.05) is 35.5 Å². The molecule has 6 heteroatoms. The zero-order valence-corrected chi connectivity index (χ0v) is 14.1. The monoisotopic (exact) mass is 340 g/mol. The van der Waals surface area contributed by atoms with Crippen LogP contribution in [0.1, 0.15) is 34.2 Å². The minimum absolute atomic E-state index is 0.253. The van der Waals surface area contributed by atoms with E-state index in [9.17, 15) is 10.5 Å². The Kier molecular flexibility index (Phi) is 3.87. The smallest absolute Gasteiger partial charge is 0.114 e. The summed E-state index contributed by atoms with van der Waals surface area (Å²) in [4.78, 5) is 0. The molecule has 0 radical (unpaired) electrons. The number of rotatable bonds is 3. The summed E-state index contributed by atoms with van der Waals surface area (Å²) in [5, 5.41) is 27.6. The van der Waals surface area contributed by atoms with Crippen LogP contribution in [0.4, 0.5) is 5.69 Å². The Balaban J connectivity index is 1.82. The van der Waals surface area contributed by atoms with Crippen molar-refractivity contribution in [2.45, 2.75) is 25.8 Å². The van der Waals surface area contributed by atoms with Crippen molar-refractivity contribution in [3.05, 3.63) is 64.3 Å². The van der Waals surface area contributed by atoms with Crippen LogP contribution in [0.15, 0.2) is 36.5 Å². The van der Waals surface area contributed by atoms with Gasteiger partial charge in [0.05, 0.1) is 29.6 Å². The number of anilines is 1. The van der Waals surface area contributed by atoms with Gasteiger partial charge in [0.1, 0.15) is 17.8 Å². The first kappa shape index (κ1) is 15.9. The van der Waals surface area contributed by atoms with Gasteiger partial charge in [-0.25, -0.2) is 4.68 Å². The van der Waals surface area contributed by atoms with Gasteiger partial charge in [-0.15, -0.1) is 5.10 Å². The number of nitrogens with two attached hydrogens (primary N) is 1. The first-order valence-corrected chi connectivity index (χ1v) is 8.44. The van der Waals surface area contributed by atoms with Crippen LogP contribution < -0.4 is 5.73 Å². The van der Waals surface area contributed by atoms with E-state index in [1.54, 1.807) is 4.68 Å². The van der Waals surface area contributed by atoms with Crippen LogP contribution in [0.2, 0.25) is 0 Å². The van der Waals surface area contributed by atoms with Gasteiger partial charge in [-0.05, 0) is 36.0 Å². The van der Waals surface area contributed by atoms with Crippen molar-refractivity contribution >= 4 is 5.69 Å². The van der Waals surface area contributed by atoms with Crippen molar-refractivity contribution in [2.75, 3.05) is 5.73 Å². The Hall–Kier alpha value is -3.64. The van der Waals surface area contributed by atoms with E-state index in [0.717, 1.165) is 41.5 Å². The van der Waals surface area contributed by atoms with Crippen molar-refractivity contribution in [3.8, 4) is 23.4 Å². The second kappa shape index (κ2) is 6.34. The zero-order chi connectivity index (χ0) is 18.1. The van der Waals surface area contributed by atoms with Crippen molar-refractivity contribution in [3.63, 3.8) is 0 Å². The summed E-state index contributed by atoms with van der Waals surface area (Å²) in [6.07, 6.45) is 4.41. The predicted octanol–water partition coefficient (Wildman–Crippen LogP) is 2.81. The molecule has 126 valence electrons. The molecule has 3 aromatic rings. The molecule has 0 amide bonds. The average molecular weight is 340 g/mol. The summed E-state index contributed by atoms with van der Waals surface area (Å²) in [6, 6.07) is 14.3. The SMILES string of the molecule is N#Cc1c(N)c(C#N)c(-c2cn(Cc3ccccc3)nn2)c2c1CCC2. The molecule has 0 fully saturated rings. The Bertz CT molecular complexity index is 1060. The summed E-state index contributed by atoms with van der Waals surface area (Å²) >= 11 is 0. The fourth-order valence-electron chi connectivity index (χ4n) is 3.66. The molecule has 1 heterocycles. The topological polar surface area (TPSA) is 104 Å². The Morgan fingerprint density at radius 2 is 1.77 bits per heavy atom. The third kappa shape index (κ3) is 2.49. The van der Waals surface area contributed by atoms with Gasteiger partial charge in [0, 0.05) is 5.56 Å². The number of fused-ring (bicyclic) bond motifs is 1. The van der Waals surface area contributed by atoms with E-state index < -0.39 is 0 Å². The molecule has 0 unspecified atom stereocenters. The van der Waals surface area contributed by atoms with E-state index in [4.69, 9.17) is 5.73 Å². The van der Waals surface area contributed by atoms with Crippen LogP contribution in [-0.4, -0.2) is 15.0 Å². The molecule has 4 rings (SSSR count). The second-order valence-electron chi connectivity index (χ2n) is 6.36. The van der Waals surface area contributed by atoms with Crippen LogP contribution in [0.5, 0.6) is 0 Å². The highest BCUT2D eigenvalue weighted by Crippen LogP contribution is 2.40. The number of benzene rings is 2. The Morgan fingerprint density at radius 1 is 1.04 bits per heavy atom. The summed E-state index contributed by atoms with van der Waals surface area (Å²) in [5.74, 6) is 0. The van der Waals surface area contributed by atoms with Crippen molar-refractivity contribution in [2.24, 2.45) is 0 Å². The molecule has 2 N–H and O–H groups in total. The number of hydrogen-bond acceptors (Lipinski definition) is 5. The molecular formula is C20H16N6. The van der Waals surface area contributed by atoms with E-state index in [0.29, 0.717) is 23.4 Å². The van der Waals surface area contributed by atoms with Crippen LogP contribution in [-0.2, 0) is 19.4 Å².